The van der Waals surface area contributed by atoms with Crippen LogP contribution in [0.4, 0.5) is 0 Å². The van der Waals surface area contributed by atoms with Gasteiger partial charge in [-0.3, -0.25) is 9.78 Å². The third-order valence-corrected chi connectivity index (χ3v) is 3.79. The molecule has 3 aromatic rings. The second-order valence-electron chi connectivity index (χ2n) is 5.39. The summed E-state index contributed by atoms with van der Waals surface area (Å²) in [5.41, 5.74) is 2.06. The number of carbonyl (C=O) groups excluding carboxylic acids is 1. The van der Waals surface area contributed by atoms with Crippen molar-refractivity contribution in [3.05, 3.63) is 78.1 Å². The van der Waals surface area contributed by atoms with Crippen LogP contribution >= 0.6 is 0 Å². The molecule has 1 atom stereocenters. The van der Waals surface area contributed by atoms with E-state index in [2.05, 4.69) is 28.5 Å². The van der Waals surface area contributed by atoms with Crippen molar-refractivity contribution in [3.63, 3.8) is 0 Å². The van der Waals surface area contributed by atoms with Crippen LogP contribution < -0.4 is 5.32 Å². The predicted octanol–water partition coefficient (Wildman–Crippen LogP) is 3.65. The molecular weight excluding hydrogens is 272 g/mol. The van der Waals surface area contributed by atoms with E-state index in [1.54, 1.807) is 12.4 Å². The molecule has 0 fully saturated rings. The lowest BCUT2D eigenvalue weighted by Crippen LogP contribution is -2.28. The van der Waals surface area contributed by atoms with Crippen LogP contribution in [0.15, 0.2) is 67.0 Å². The average Bonchev–Trinajstić information content (AvgIpc) is 2.56. The predicted molar refractivity (Wildman–Crippen MR) is 88.4 cm³/mol. The van der Waals surface area contributed by atoms with Crippen molar-refractivity contribution in [1.29, 1.82) is 0 Å². The number of hydrogen-bond acceptors (Lipinski definition) is 2. The summed E-state index contributed by atoms with van der Waals surface area (Å²) in [5, 5.41) is 5.32. The maximum atomic E-state index is 12.3. The summed E-state index contributed by atoms with van der Waals surface area (Å²) in [7, 11) is 0. The Morgan fingerprint density at radius 3 is 2.73 bits per heavy atom. The number of fused-ring (bicyclic) bond motifs is 1. The van der Waals surface area contributed by atoms with Crippen LogP contribution in [0.2, 0.25) is 0 Å². The summed E-state index contributed by atoms with van der Waals surface area (Å²) < 4.78 is 0. The van der Waals surface area contributed by atoms with Crippen molar-refractivity contribution in [3.8, 4) is 0 Å². The number of benzene rings is 2. The van der Waals surface area contributed by atoms with Crippen LogP contribution in [0.3, 0.4) is 0 Å². The van der Waals surface area contributed by atoms with E-state index < -0.39 is 0 Å². The van der Waals surface area contributed by atoms with Gasteiger partial charge < -0.3 is 5.32 Å². The molecule has 0 bridgehead atoms. The van der Waals surface area contributed by atoms with Gasteiger partial charge in [0.05, 0.1) is 12.5 Å². The zero-order valence-electron chi connectivity index (χ0n) is 12.5. The highest BCUT2D eigenvalue weighted by Gasteiger charge is 2.11. The number of aromatic nitrogens is 1. The van der Waals surface area contributed by atoms with Gasteiger partial charge in [-0.1, -0.05) is 48.5 Å². The molecule has 1 N–H and O–H groups in total. The summed E-state index contributed by atoms with van der Waals surface area (Å²) in [6, 6.07) is 18.0. The molecule has 2 aromatic carbocycles. The van der Waals surface area contributed by atoms with Gasteiger partial charge in [-0.05, 0) is 34.9 Å². The Hall–Kier alpha value is -2.68. The van der Waals surface area contributed by atoms with Crippen molar-refractivity contribution in [2.45, 2.75) is 19.4 Å². The molecule has 1 amide bonds. The monoisotopic (exact) mass is 290 g/mol. The largest absolute Gasteiger partial charge is 0.349 e. The van der Waals surface area contributed by atoms with E-state index in [0.29, 0.717) is 6.42 Å². The summed E-state index contributed by atoms with van der Waals surface area (Å²) in [5.74, 6) is 0.0210. The number of rotatable bonds is 4. The van der Waals surface area contributed by atoms with Gasteiger partial charge in [0.15, 0.2) is 0 Å². The average molecular weight is 290 g/mol. The lowest BCUT2D eigenvalue weighted by atomic mass is 10.0. The molecule has 110 valence electrons. The molecule has 22 heavy (non-hydrogen) atoms. The molecule has 1 heterocycles. The first-order valence-corrected chi connectivity index (χ1v) is 7.40. The summed E-state index contributed by atoms with van der Waals surface area (Å²) in [6.07, 6.45) is 3.89. The lowest BCUT2D eigenvalue weighted by molar-refractivity contribution is -0.121. The zero-order valence-corrected chi connectivity index (χ0v) is 12.5. The third-order valence-electron chi connectivity index (χ3n) is 3.79. The van der Waals surface area contributed by atoms with Crippen LogP contribution in [0.5, 0.6) is 0 Å². The molecule has 0 aliphatic carbocycles. The first-order valence-electron chi connectivity index (χ1n) is 7.40. The first kappa shape index (κ1) is 14.3. The van der Waals surface area contributed by atoms with Crippen LogP contribution in [-0.4, -0.2) is 10.9 Å². The SMILES string of the molecule is CC(NC(=O)Cc1cccc2ccccc12)c1cccnc1. The van der Waals surface area contributed by atoms with E-state index in [1.165, 1.54) is 0 Å². The van der Waals surface area contributed by atoms with Gasteiger partial charge in [-0.15, -0.1) is 0 Å². The Bertz CT molecular complexity index is 778. The van der Waals surface area contributed by atoms with Crippen LogP contribution in [-0.2, 0) is 11.2 Å². The van der Waals surface area contributed by atoms with Crippen molar-refractivity contribution < 1.29 is 4.79 Å². The van der Waals surface area contributed by atoms with Crippen LogP contribution in [0.25, 0.3) is 10.8 Å². The Balaban J connectivity index is 1.74. The summed E-state index contributed by atoms with van der Waals surface area (Å²) in [6.45, 7) is 1.97. The molecule has 0 spiro atoms. The molecule has 3 rings (SSSR count). The smallest absolute Gasteiger partial charge is 0.224 e. The molecular formula is C19H18N2O. The van der Waals surface area contributed by atoms with E-state index in [0.717, 1.165) is 21.9 Å². The molecule has 0 saturated carbocycles. The van der Waals surface area contributed by atoms with Gasteiger partial charge in [0.1, 0.15) is 0 Å². The number of nitrogens with one attached hydrogen (secondary N) is 1. The maximum absolute atomic E-state index is 12.3. The van der Waals surface area contributed by atoms with E-state index >= 15 is 0 Å². The van der Waals surface area contributed by atoms with Gasteiger partial charge in [0.25, 0.3) is 0 Å². The highest BCUT2D eigenvalue weighted by molar-refractivity contribution is 5.90. The molecule has 3 nitrogen and oxygen atoms in total. The standard InChI is InChI=1S/C19H18N2O/c1-14(17-9-5-11-20-13-17)21-19(22)12-16-8-4-7-15-6-2-3-10-18(15)16/h2-11,13-14H,12H2,1H3,(H,21,22). The number of hydrogen-bond donors (Lipinski definition) is 1. The summed E-state index contributed by atoms with van der Waals surface area (Å²) in [4.78, 5) is 16.4. The van der Waals surface area contributed by atoms with Crippen molar-refractivity contribution in [2.75, 3.05) is 0 Å². The van der Waals surface area contributed by atoms with E-state index in [1.807, 2.05) is 43.3 Å². The van der Waals surface area contributed by atoms with Crippen LogP contribution in [0.1, 0.15) is 24.1 Å². The van der Waals surface area contributed by atoms with Gasteiger partial charge in [-0.25, -0.2) is 0 Å². The molecule has 0 radical (unpaired) electrons. The van der Waals surface area contributed by atoms with Gasteiger partial charge >= 0.3 is 0 Å². The minimum absolute atomic E-state index is 0.0210. The molecule has 1 aromatic heterocycles. The zero-order chi connectivity index (χ0) is 15.4. The third kappa shape index (κ3) is 3.14. The molecule has 3 heteroatoms. The molecule has 1 unspecified atom stereocenters. The fourth-order valence-electron chi connectivity index (χ4n) is 2.63. The van der Waals surface area contributed by atoms with Gasteiger partial charge in [0, 0.05) is 12.4 Å². The first-order chi connectivity index (χ1) is 10.7. The van der Waals surface area contributed by atoms with Crippen molar-refractivity contribution in [1.82, 2.24) is 10.3 Å². The van der Waals surface area contributed by atoms with Crippen molar-refractivity contribution in [2.24, 2.45) is 0 Å². The minimum Gasteiger partial charge on any atom is -0.349 e. The normalized spacial score (nSPS) is 12.0. The number of amides is 1. The fraction of sp³-hybridized carbons (Fsp3) is 0.158. The Morgan fingerprint density at radius 1 is 1.09 bits per heavy atom. The number of pyridine rings is 1. The molecule has 0 aliphatic heterocycles. The van der Waals surface area contributed by atoms with Gasteiger partial charge in [-0.2, -0.15) is 0 Å². The number of nitrogens with zero attached hydrogens (tertiary/aromatic N) is 1. The fourth-order valence-corrected chi connectivity index (χ4v) is 2.63. The minimum atomic E-state index is -0.0452. The second-order valence-corrected chi connectivity index (χ2v) is 5.39. The van der Waals surface area contributed by atoms with E-state index in [4.69, 9.17) is 0 Å². The number of carbonyl (C=O) groups is 1. The molecule has 0 aliphatic rings. The Labute approximate surface area is 130 Å². The van der Waals surface area contributed by atoms with E-state index in [9.17, 15) is 4.79 Å². The quantitative estimate of drug-likeness (QED) is 0.797. The summed E-state index contributed by atoms with van der Waals surface area (Å²) >= 11 is 0. The van der Waals surface area contributed by atoms with Gasteiger partial charge in [0.2, 0.25) is 5.91 Å². The Kier molecular flexibility index (Phi) is 4.15. The Morgan fingerprint density at radius 2 is 1.91 bits per heavy atom. The lowest BCUT2D eigenvalue weighted by Gasteiger charge is -2.14. The topological polar surface area (TPSA) is 42.0 Å². The highest BCUT2D eigenvalue weighted by atomic mass is 16.1. The second kappa shape index (κ2) is 6.39. The molecule has 0 saturated heterocycles. The van der Waals surface area contributed by atoms with Crippen LogP contribution in [0, 0.1) is 0 Å². The van der Waals surface area contributed by atoms with E-state index in [-0.39, 0.29) is 11.9 Å². The van der Waals surface area contributed by atoms with Crippen molar-refractivity contribution >= 4 is 16.7 Å². The highest BCUT2D eigenvalue weighted by Crippen LogP contribution is 2.19. The maximum Gasteiger partial charge on any atom is 0.224 e.